The van der Waals surface area contributed by atoms with Crippen molar-refractivity contribution in [2.75, 3.05) is 10.8 Å². The molecule has 3 aromatic rings. The van der Waals surface area contributed by atoms with Gasteiger partial charge in [0.15, 0.2) is 0 Å². The van der Waals surface area contributed by atoms with Crippen LogP contribution in [-0.4, -0.2) is 20.9 Å². The van der Waals surface area contributed by atoms with Crippen molar-refractivity contribution in [3.05, 3.63) is 72.3 Å². The minimum Gasteiger partial charge on any atom is -0.348 e. The molecule has 0 aliphatic carbocycles. The number of sulfonamides is 1. The first kappa shape index (κ1) is 19.5. The Labute approximate surface area is 171 Å². The lowest BCUT2D eigenvalue weighted by atomic mass is 9.97. The normalized spacial score (nSPS) is 15.6. The maximum atomic E-state index is 13.1. The molecule has 0 spiro atoms. The lowest BCUT2D eigenvalue weighted by Crippen LogP contribution is -2.40. The van der Waals surface area contributed by atoms with Crippen LogP contribution in [0.2, 0.25) is 0 Å². The van der Waals surface area contributed by atoms with Crippen LogP contribution < -0.4 is 9.62 Å². The molecule has 1 aliphatic heterocycles. The van der Waals surface area contributed by atoms with Crippen molar-refractivity contribution in [3.8, 4) is 0 Å². The van der Waals surface area contributed by atoms with Crippen LogP contribution in [0.5, 0.6) is 0 Å². The largest absolute Gasteiger partial charge is 0.348 e. The van der Waals surface area contributed by atoms with Crippen molar-refractivity contribution >= 4 is 32.4 Å². The highest BCUT2D eigenvalue weighted by Gasteiger charge is 2.36. The molecule has 0 saturated heterocycles. The molecule has 0 fully saturated rings. The van der Waals surface area contributed by atoms with E-state index in [-0.39, 0.29) is 23.4 Å². The zero-order chi connectivity index (χ0) is 20.6. The minimum absolute atomic E-state index is 0.160. The van der Waals surface area contributed by atoms with E-state index in [1.807, 2.05) is 48.5 Å². The van der Waals surface area contributed by atoms with E-state index in [9.17, 15) is 13.2 Å². The van der Waals surface area contributed by atoms with Gasteiger partial charge in [0.25, 0.3) is 10.0 Å². The fourth-order valence-corrected chi connectivity index (χ4v) is 5.60. The Balaban J connectivity index is 1.61. The van der Waals surface area contributed by atoms with E-state index < -0.39 is 10.0 Å². The van der Waals surface area contributed by atoms with Crippen LogP contribution in [0.25, 0.3) is 10.8 Å². The van der Waals surface area contributed by atoms with E-state index in [1.54, 1.807) is 18.2 Å². The Kier molecular flexibility index (Phi) is 5.04. The number of rotatable bonds is 6. The summed E-state index contributed by atoms with van der Waals surface area (Å²) in [4.78, 5) is 13.2. The topological polar surface area (TPSA) is 66.5 Å². The number of carbonyl (C=O) groups excluding carboxylic acids is 1. The standard InChI is InChI=1S/C23H24N2O3S/c1-16(2)14-19(17-8-4-3-5-9-17)24-22(26)15-25-20-12-6-10-18-11-7-13-21(23(18)20)29(25,27)28/h3-13,16,19H,14-15H2,1-2H3,(H,24,26). The summed E-state index contributed by atoms with van der Waals surface area (Å²) in [5.41, 5.74) is 1.58. The Morgan fingerprint density at radius 2 is 1.66 bits per heavy atom. The molecule has 0 bridgehead atoms. The summed E-state index contributed by atoms with van der Waals surface area (Å²) in [6, 6.07) is 20.3. The maximum absolute atomic E-state index is 13.1. The monoisotopic (exact) mass is 408 g/mol. The smallest absolute Gasteiger partial charge is 0.265 e. The molecule has 6 heteroatoms. The second-order valence-electron chi connectivity index (χ2n) is 7.80. The van der Waals surface area contributed by atoms with E-state index in [4.69, 9.17) is 0 Å². The van der Waals surface area contributed by atoms with E-state index in [2.05, 4.69) is 19.2 Å². The van der Waals surface area contributed by atoms with Crippen LogP contribution in [0.15, 0.2) is 71.6 Å². The van der Waals surface area contributed by atoms with Gasteiger partial charge in [0, 0.05) is 5.39 Å². The molecular weight excluding hydrogens is 384 g/mol. The molecule has 1 atom stereocenters. The van der Waals surface area contributed by atoms with Gasteiger partial charge in [-0.15, -0.1) is 0 Å². The third-order valence-corrected chi connectivity index (χ3v) is 7.01. The van der Waals surface area contributed by atoms with Crippen LogP contribution in [0.1, 0.15) is 31.9 Å². The number of benzene rings is 3. The highest BCUT2D eigenvalue weighted by Crippen LogP contribution is 2.41. The van der Waals surface area contributed by atoms with Crippen LogP contribution in [-0.2, 0) is 14.8 Å². The minimum atomic E-state index is -3.74. The summed E-state index contributed by atoms with van der Waals surface area (Å²) in [5, 5.41) is 4.58. The van der Waals surface area contributed by atoms with Crippen molar-refractivity contribution in [1.82, 2.24) is 5.32 Å². The van der Waals surface area contributed by atoms with Gasteiger partial charge in [-0.3, -0.25) is 9.10 Å². The molecule has 1 heterocycles. The van der Waals surface area contributed by atoms with Crippen molar-refractivity contribution in [1.29, 1.82) is 0 Å². The van der Waals surface area contributed by atoms with Gasteiger partial charge < -0.3 is 5.32 Å². The summed E-state index contributed by atoms with van der Waals surface area (Å²) >= 11 is 0. The van der Waals surface area contributed by atoms with Gasteiger partial charge >= 0.3 is 0 Å². The SMILES string of the molecule is CC(C)CC(NC(=O)CN1c2cccc3cccc(c23)S1(=O)=O)c1ccccc1. The van der Waals surface area contributed by atoms with Crippen molar-refractivity contribution < 1.29 is 13.2 Å². The molecule has 150 valence electrons. The Morgan fingerprint density at radius 1 is 0.966 bits per heavy atom. The number of hydrogen-bond donors (Lipinski definition) is 1. The molecule has 0 aromatic heterocycles. The molecule has 1 unspecified atom stereocenters. The molecule has 1 N–H and O–H groups in total. The molecule has 29 heavy (non-hydrogen) atoms. The summed E-state index contributed by atoms with van der Waals surface area (Å²) < 4.78 is 27.4. The summed E-state index contributed by atoms with van der Waals surface area (Å²) in [7, 11) is -3.74. The number of nitrogens with zero attached hydrogens (tertiary/aromatic N) is 1. The molecular formula is C23H24N2O3S. The highest BCUT2D eigenvalue weighted by atomic mass is 32.2. The number of carbonyl (C=O) groups is 1. The number of nitrogens with one attached hydrogen (secondary N) is 1. The van der Waals surface area contributed by atoms with Gasteiger partial charge in [-0.25, -0.2) is 8.42 Å². The zero-order valence-electron chi connectivity index (χ0n) is 16.5. The fourth-order valence-electron chi connectivity index (χ4n) is 3.93. The van der Waals surface area contributed by atoms with E-state index in [1.165, 1.54) is 4.31 Å². The molecule has 1 aliphatic rings. The van der Waals surface area contributed by atoms with Crippen LogP contribution in [0, 0.1) is 5.92 Å². The van der Waals surface area contributed by atoms with Crippen molar-refractivity contribution in [2.24, 2.45) is 5.92 Å². The van der Waals surface area contributed by atoms with Gasteiger partial charge in [-0.2, -0.15) is 0 Å². The van der Waals surface area contributed by atoms with Crippen LogP contribution in [0.3, 0.4) is 0 Å². The van der Waals surface area contributed by atoms with E-state index >= 15 is 0 Å². The third-order valence-electron chi connectivity index (χ3n) is 5.21. The predicted octanol–water partition coefficient (Wildman–Crippen LogP) is 4.25. The lowest BCUT2D eigenvalue weighted by molar-refractivity contribution is -0.120. The van der Waals surface area contributed by atoms with Gasteiger partial charge in [0.05, 0.1) is 16.6 Å². The second-order valence-corrected chi connectivity index (χ2v) is 9.63. The average molecular weight is 409 g/mol. The van der Waals surface area contributed by atoms with Crippen molar-refractivity contribution in [3.63, 3.8) is 0 Å². The number of hydrogen-bond acceptors (Lipinski definition) is 3. The average Bonchev–Trinajstić information content (AvgIpc) is 2.91. The van der Waals surface area contributed by atoms with E-state index in [0.717, 1.165) is 17.4 Å². The third kappa shape index (κ3) is 3.60. The molecule has 0 radical (unpaired) electrons. The first-order valence-electron chi connectivity index (χ1n) is 9.76. The maximum Gasteiger partial charge on any atom is 0.265 e. The lowest BCUT2D eigenvalue weighted by Gasteiger charge is -2.24. The van der Waals surface area contributed by atoms with Crippen LogP contribution >= 0.6 is 0 Å². The van der Waals surface area contributed by atoms with Gasteiger partial charge in [0.2, 0.25) is 5.91 Å². The molecule has 5 nitrogen and oxygen atoms in total. The van der Waals surface area contributed by atoms with Gasteiger partial charge in [-0.1, -0.05) is 68.4 Å². The van der Waals surface area contributed by atoms with E-state index in [0.29, 0.717) is 17.0 Å². The molecule has 0 saturated carbocycles. The summed E-state index contributed by atoms with van der Waals surface area (Å²) in [6.45, 7) is 3.96. The molecule has 1 amide bonds. The second kappa shape index (κ2) is 7.52. The highest BCUT2D eigenvalue weighted by molar-refractivity contribution is 7.93. The summed E-state index contributed by atoms with van der Waals surface area (Å²) in [5.74, 6) is 0.0712. The fraction of sp³-hybridized carbons (Fsp3) is 0.261. The molecule has 4 rings (SSSR count). The Bertz CT molecular complexity index is 1150. The number of amides is 1. The summed E-state index contributed by atoms with van der Waals surface area (Å²) in [6.07, 6.45) is 0.776. The molecule has 3 aromatic carbocycles. The predicted molar refractivity (Wildman–Crippen MR) is 115 cm³/mol. The Hall–Kier alpha value is -2.86. The Morgan fingerprint density at radius 3 is 2.34 bits per heavy atom. The number of anilines is 1. The van der Waals surface area contributed by atoms with Crippen LogP contribution in [0.4, 0.5) is 5.69 Å². The van der Waals surface area contributed by atoms with Gasteiger partial charge in [0.1, 0.15) is 6.54 Å². The van der Waals surface area contributed by atoms with Gasteiger partial charge in [-0.05, 0) is 35.4 Å². The zero-order valence-corrected chi connectivity index (χ0v) is 17.3. The van der Waals surface area contributed by atoms with Crippen molar-refractivity contribution in [2.45, 2.75) is 31.2 Å². The quantitative estimate of drug-likeness (QED) is 0.663. The first-order valence-corrected chi connectivity index (χ1v) is 11.2. The first-order chi connectivity index (χ1) is 13.9.